The Morgan fingerprint density at radius 3 is 2.68 bits per heavy atom. The predicted octanol–water partition coefficient (Wildman–Crippen LogP) is 2.24. The Kier molecular flexibility index (Phi) is 4.59. The molecule has 4 nitrogen and oxygen atoms in total. The molecular weight excluding hydrogens is 280 g/mol. The molecule has 0 N–H and O–H groups in total. The summed E-state index contributed by atoms with van der Waals surface area (Å²) in [5.41, 5.74) is 0.672. The SMILES string of the molecule is CC[C@@H]([C@H]1CCc2cc(OC)ccc2C1=O)C(C)(C)C(=O)[O-]. The van der Waals surface area contributed by atoms with Crippen molar-refractivity contribution in [2.24, 2.45) is 17.3 Å². The molecule has 0 radical (unpaired) electrons. The summed E-state index contributed by atoms with van der Waals surface area (Å²) >= 11 is 0. The number of carboxylic acid groups (broad SMARTS) is 1. The zero-order valence-corrected chi connectivity index (χ0v) is 13.6. The zero-order chi connectivity index (χ0) is 16.5. The van der Waals surface area contributed by atoms with Crippen LogP contribution in [0, 0.1) is 17.3 Å². The summed E-state index contributed by atoms with van der Waals surface area (Å²) in [6, 6.07) is 5.47. The molecule has 0 fully saturated rings. The molecule has 0 aromatic heterocycles. The van der Waals surface area contributed by atoms with Crippen LogP contribution in [0.15, 0.2) is 18.2 Å². The molecule has 22 heavy (non-hydrogen) atoms. The lowest BCUT2D eigenvalue weighted by molar-refractivity contribution is -0.320. The van der Waals surface area contributed by atoms with Gasteiger partial charge >= 0.3 is 0 Å². The van der Waals surface area contributed by atoms with Crippen LogP contribution in [0.25, 0.3) is 0 Å². The molecule has 0 unspecified atom stereocenters. The fourth-order valence-corrected chi connectivity index (χ4v) is 3.62. The van der Waals surface area contributed by atoms with E-state index in [0.717, 1.165) is 17.7 Å². The molecule has 1 aromatic rings. The highest BCUT2D eigenvalue weighted by Crippen LogP contribution is 2.41. The number of hydrogen-bond acceptors (Lipinski definition) is 4. The third kappa shape index (κ3) is 2.74. The lowest BCUT2D eigenvalue weighted by Crippen LogP contribution is -2.47. The number of ketones is 1. The van der Waals surface area contributed by atoms with Crippen LogP contribution in [-0.4, -0.2) is 18.9 Å². The third-order valence-corrected chi connectivity index (χ3v) is 5.02. The summed E-state index contributed by atoms with van der Waals surface area (Å²) in [5, 5.41) is 11.5. The predicted molar refractivity (Wildman–Crippen MR) is 81.7 cm³/mol. The monoisotopic (exact) mass is 303 g/mol. The van der Waals surface area contributed by atoms with Gasteiger partial charge in [-0.25, -0.2) is 0 Å². The molecule has 0 bridgehead atoms. The Morgan fingerprint density at radius 1 is 1.45 bits per heavy atom. The van der Waals surface area contributed by atoms with E-state index in [-0.39, 0.29) is 17.6 Å². The molecule has 1 aliphatic carbocycles. The number of methoxy groups -OCH3 is 1. The fraction of sp³-hybridized carbons (Fsp3) is 0.556. The second-order valence-corrected chi connectivity index (χ2v) is 6.56. The number of carbonyl (C=O) groups excluding carboxylic acids is 2. The van der Waals surface area contributed by atoms with E-state index in [9.17, 15) is 14.7 Å². The number of carboxylic acids is 1. The topological polar surface area (TPSA) is 66.4 Å². The van der Waals surface area contributed by atoms with E-state index < -0.39 is 11.4 Å². The Hall–Kier alpha value is -1.84. The van der Waals surface area contributed by atoms with Crippen molar-refractivity contribution in [3.8, 4) is 5.75 Å². The highest BCUT2D eigenvalue weighted by molar-refractivity contribution is 6.00. The van der Waals surface area contributed by atoms with Crippen LogP contribution in [0.5, 0.6) is 5.75 Å². The molecule has 0 saturated heterocycles. The number of aryl methyl sites for hydroxylation is 1. The fourth-order valence-electron chi connectivity index (χ4n) is 3.62. The van der Waals surface area contributed by atoms with Crippen LogP contribution < -0.4 is 9.84 Å². The second kappa shape index (κ2) is 6.11. The summed E-state index contributed by atoms with van der Waals surface area (Å²) < 4.78 is 5.20. The molecule has 2 atom stereocenters. The number of fused-ring (bicyclic) bond motifs is 1. The maximum absolute atomic E-state index is 12.8. The largest absolute Gasteiger partial charge is 0.550 e. The Morgan fingerprint density at radius 2 is 2.14 bits per heavy atom. The molecule has 1 aromatic carbocycles. The molecule has 0 amide bonds. The molecule has 0 heterocycles. The van der Waals surface area contributed by atoms with Crippen LogP contribution in [-0.2, 0) is 11.2 Å². The van der Waals surface area contributed by atoms with Crippen molar-refractivity contribution in [2.45, 2.75) is 40.0 Å². The molecular formula is C18H23O4-. The van der Waals surface area contributed by atoms with Gasteiger partial charge in [-0.15, -0.1) is 0 Å². The Balaban J connectivity index is 2.35. The van der Waals surface area contributed by atoms with E-state index >= 15 is 0 Å². The summed E-state index contributed by atoms with van der Waals surface area (Å²) in [5.74, 6) is -0.788. The van der Waals surface area contributed by atoms with E-state index in [1.165, 1.54) is 0 Å². The van der Waals surface area contributed by atoms with Crippen LogP contribution in [0.1, 0.15) is 49.5 Å². The van der Waals surface area contributed by atoms with E-state index in [0.29, 0.717) is 18.4 Å². The van der Waals surface area contributed by atoms with E-state index in [4.69, 9.17) is 4.74 Å². The van der Waals surface area contributed by atoms with Crippen LogP contribution in [0.2, 0.25) is 0 Å². The number of Topliss-reactive ketones (excluding diaryl/α,β-unsaturated/α-hetero) is 1. The first-order chi connectivity index (χ1) is 10.3. The van der Waals surface area contributed by atoms with Gasteiger partial charge in [0.1, 0.15) is 5.75 Å². The normalized spacial score (nSPS) is 19.5. The zero-order valence-electron chi connectivity index (χ0n) is 13.6. The van der Waals surface area contributed by atoms with E-state index in [2.05, 4.69) is 0 Å². The molecule has 1 aliphatic rings. The van der Waals surface area contributed by atoms with Crippen molar-refractivity contribution in [1.29, 1.82) is 0 Å². The average molecular weight is 303 g/mol. The minimum atomic E-state index is -1.09. The number of carbonyl (C=O) groups is 2. The van der Waals surface area contributed by atoms with E-state index in [1.54, 1.807) is 33.1 Å². The van der Waals surface area contributed by atoms with Gasteiger partial charge in [0, 0.05) is 22.9 Å². The van der Waals surface area contributed by atoms with E-state index in [1.807, 2.05) is 13.0 Å². The lowest BCUT2D eigenvalue weighted by atomic mass is 9.65. The Bertz CT molecular complexity index is 589. The van der Waals surface area contributed by atoms with Gasteiger partial charge in [-0.3, -0.25) is 4.79 Å². The second-order valence-electron chi connectivity index (χ2n) is 6.56. The number of ether oxygens (including phenoxy) is 1. The summed E-state index contributed by atoms with van der Waals surface area (Å²) in [6.45, 7) is 5.26. The van der Waals surface area contributed by atoms with Gasteiger partial charge in [-0.05, 0) is 42.5 Å². The highest BCUT2D eigenvalue weighted by atomic mass is 16.5. The van der Waals surface area contributed by atoms with Gasteiger partial charge in [0.25, 0.3) is 0 Å². The van der Waals surface area contributed by atoms with Gasteiger partial charge in [0.2, 0.25) is 0 Å². The van der Waals surface area contributed by atoms with Gasteiger partial charge in [-0.1, -0.05) is 27.2 Å². The van der Waals surface area contributed by atoms with Crippen molar-refractivity contribution in [1.82, 2.24) is 0 Å². The minimum absolute atomic E-state index is 0.0464. The van der Waals surface area contributed by atoms with Crippen molar-refractivity contribution >= 4 is 11.8 Å². The minimum Gasteiger partial charge on any atom is -0.550 e. The number of aliphatic carboxylic acids is 1. The van der Waals surface area contributed by atoms with Crippen molar-refractivity contribution in [3.63, 3.8) is 0 Å². The first-order valence-electron chi connectivity index (χ1n) is 7.75. The van der Waals surface area contributed by atoms with Crippen molar-refractivity contribution in [3.05, 3.63) is 29.3 Å². The summed E-state index contributed by atoms with van der Waals surface area (Å²) in [6.07, 6.45) is 2.08. The standard InChI is InChI=1S/C18H24O4/c1-5-15(18(2,3)17(20)21)14-8-6-11-10-12(22-4)7-9-13(11)16(14)19/h7,9-10,14-15H,5-6,8H2,1-4H3,(H,20,21)/p-1/t14-,15+/m1/s1. The quantitative estimate of drug-likeness (QED) is 0.836. The average Bonchev–Trinajstić information content (AvgIpc) is 2.49. The first kappa shape index (κ1) is 16.5. The molecule has 0 spiro atoms. The summed E-state index contributed by atoms with van der Waals surface area (Å²) in [4.78, 5) is 24.3. The molecule has 120 valence electrons. The smallest absolute Gasteiger partial charge is 0.166 e. The van der Waals surface area contributed by atoms with Crippen LogP contribution >= 0.6 is 0 Å². The maximum Gasteiger partial charge on any atom is 0.166 e. The molecule has 0 saturated carbocycles. The highest BCUT2D eigenvalue weighted by Gasteiger charge is 2.41. The number of rotatable bonds is 5. The van der Waals surface area contributed by atoms with Gasteiger partial charge in [0.05, 0.1) is 7.11 Å². The van der Waals surface area contributed by atoms with Gasteiger partial charge in [0.15, 0.2) is 5.78 Å². The Labute approximate surface area is 131 Å². The number of benzene rings is 1. The van der Waals surface area contributed by atoms with Crippen LogP contribution in [0.4, 0.5) is 0 Å². The van der Waals surface area contributed by atoms with Crippen molar-refractivity contribution in [2.75, 3.05) is 7.11 Å². The number of hydrogen-bond donors (Lipinski definition) is 0. The summed E-state index contributed by atoms with van der Waals surface area (Å²) in [7, 11) is 1.60. The van der Waals surface area contributed by atoms with Crippen molar-refractivity contribution < 1.29 is 19.4 Å². The molecule has 4 heteroatoms. The van der Waals surface area contributed by atoms with Gasteiger partial charge < -0.3 is 14.6 Å². The third-order valence-electron chi connectivity index (χ3n) is 5.02. The first-order valence-corrected chi connectivity index (χ1v) is 7.75. The lowest BCUT2D eigenvalue weighted by Gasteiger charge is -2.41. The molecule has 0 aliphatic heterocycles. The molecule has 2 rings (SSSR count). The maximum atomic E-state index is 12.8. The van der Waals surface area contributed by atoms with Crippen LogP contribution in [0.3, 0.4) is 0 Å². The van der Waals surface area contributed by atoms with Gasteiger partial charge in [-0.2, -0.15) is 0 Å².